The van der Waals surface area contributed by atoms with Crippen molar-refractivity contribution >= 4 is 7.60 Å². The van der Waals surface area contributed by atoms with Gasteiger partial charge in [-0.05, 0) is 19.4 Å². The Kier molecular flexibility index (Phi) is 5.76. The van der Waals surface area contributed by atoms with E-state index in [2.05, 4.69) is 5.32 Å². The average Bonchev–Trinajstić information content (AvgIpc) is 2.25. The van der Waals surface area contributed by atoms with Crippen LogP contribution in [0.5, 0.6) is 0 Å². The van der Waals surface area contributed by atoms with E-state index in [4.69, 9.17) is 9.79 Å². The summed E-state index contributed by atoms with van der Waals surface area (Å²) in [7, 11) is -3.95. The molecule has 0 radical (unpaired) electrons. The van der Waals surface area contributed by atoms with Gasteiger partial charge in [-0.15, -0.1) is 0 Å². The minimum absolute atomic E-state index is 0.0803. The highest BCUT2D eigenvalue weighted by Crippen LogP contribution is 2.36. The summed E-state index contributed by atoms with van der Waals surface area (Å²) in [6.45, 7) is 4.44. The van der Waals surface area contributed by atoms with Crippen LogP contribution in [-0.2, 0) is 11.1 Å². The number of hydrogen-bond acceptors (Lipinski definition) is 2. The van der Waals surface area contributed by atoms with Crippen LogP contribution >= 0.6 is 7.60 Å². The molecule has 0 spiro atoms. The molecule has 0 aliphatic rings. The van der Waals surface area contributed by atoms with Crippen molar-refractivity contribution in [3.63, 3.8) is 0 Å². The second-order valence-corrected chi connectivity index (χ2v) is 6.14. The fourth-order valence-corrected chi connectivity index (χ4v) is 2.49. The first kappa shape index (κ1) is 15.1. The minimum atomic E-state index is -3.95. The van der Waals surface area contributed by atoms with Crippen LogP contribution in [-0.4, -0.2) is 22.0 Å². The molecule has 1 rings (SSSR count). The molecule has 4 nitrogen and oxygen atoms in total. The van der Waals surface area contributed by atoms with Crippen molar-refractivity contribution in [2.24, 2.45) is 0 Å². The maximum absolute atomic E-state index is 10.8. The highest BCUT2D eigenvalue weighted by molar-refractivity contribution is 7.52. The summed E-state index contributed by atoms with van der Waals surface area (Å²) in [5.41, 5.74) is 1.89. The Morgan fingerprint density at radius 3 is 2.56 bits per heavy atom. The van der Waals surface area contributed by atoms with Crippen LogP contribution in [0.2, 0.25) is 0 Å². The second kappa shape index (κ2) is 6.86. The van der Waals surface area contributed by atoms with Gasteiger partial charge in [0.1, 0.15) is 0 Å². The van der Waals surface area contributed by atoms with Gasteiger partial charge in [-0.3, -0.25) is 4.57 Å². The van der Waals surface area contributed by atoms with Gasteiger partial charge in [0.2, 0.25) is 0 Å². The third-order valence-corrected chi connectivity index (χ3v) is 3.37. The third-order valence-electron chi connectivity index (χ3n) is 2.46. The van der Waals surface area contributed by atoms with Gasteiger partial charge < -0.3 is 15.1 Å². The lowest BCUT2D eigenvalue weighted by molar-refractivity contribution is 0.376. The second-order valence-electron chi connectivity index (χ2n) is 4.49. The number of hydrogen-bond donors (Lipinski definition) is 3. The number of allylic oxidation sites excluding steroid dienone is 1. The first-order valence-corrected chi connectivity index (χ1v) is 7.66. The van der Waals surface area contributed by atoms with E-state index in [0.717, 1.165) is 6.54 Å². The van der Waals surface area contributed by atoms with Crippen molar-refractivity contribution in [2.75, 3.05) is 6.16 Å². The summed E-state index contributed by atoms with van der Waals surface area (Å²) in [4.78, 5) is 17.7. The molecule has 0 fully saturated rings. The standard InChI is InChI=1S/C13H20NO3P/c1-11(10-18(15,16)17)8-12(2)14-9-13-6-4-3-5-7-13/h3-8,12,14H,9-10H2,1-2H3,(H2,15,16,17)/b11-8+. The Morgan fingerprint density at radius 2 is 2.00 bits per heavy atom. The molecular formula is C13H20NO3P. The van der Waals surface area contributed by atoms with Gasteiger partial charge in [0.15, 0.2) is 0 Å². The molecule has 100 valence electrons. The van der Waals surface area contributed by atoms with Gasteiger partial charge in [-0.25, -0.2) is 0 Å². The van der Waals surface area contributed by atoms with Crippen LogP contribution in [0.3, 0.4) is 0 Å². The SMILES string of the molecule is C/C(=C\C(C)NCc1ccccc1)CP(=O)(O)O. The Morgan fingerprint density at radius 1 is 1.39 bits per heavy atom. The molecule has 1 aromatic carbocycles. The number of rotatable bonds is 6. The predicted molar refractivity (Wildman–Crippen MR) is 73.4 cm³/mol. The van der Waals surface area contributed by atoms with Gasteiger partial charge in [-0.2, -0.15) is 0 Å². The summed E-state index contributed by atoms with van der Waals surface area (Å²) in [6.07, 6.45) is 1.67. The van der Waals surface area contributed by atoms with Crippen molar-refractivity contribution < 1.29 is 14.4 Å². The van der Waals surface area contributed by atoms with Crippen LogP contribution in [0.4, 0.5) is 0 Å². The summed E-state index contributed by atoms with van der Waals surface area (Å²) in [6, 6.07) is 10.1. The smallest absolute Gasteiger partial charge is 0.324 e. The van der Waals surface area contributed by atoms with E-state index in [9.17, 15) is 4.57 Å². The normalized spacial score (nSPS) is 14.6. The van der Waals surface area contributed by atoms with E-state index in [1.54, 1.807) is 6.92 Å². The fraction of sp³-hybridized carbons (Fsp3) is 0.385. The lowest BCUT2D eigenvalue weighted by Gasteiger charge is -2.12. The monoisotopic (exact) mass is 269 g/mol. The predicted octanol–water partition coefficient (Wildman–Crippen LogP) is 2.29. The first-order chi connectivity index (χ1) is 8.37. The Labute approximate surface area is 108 Å². The molecule has 1 unspecified atom stereocenters. The fourth-order valence-electron chi connectivity index (χ4n) is 1.74. The quantitative estimate of drug-likeness (QED) is 0.547. The lowest BCUT2D eigenvalue weighted by Crippen LogP contribution is -2.23. The molecule has 0 aliphatic heterocycles. The van der Waals surface area contributed by atoms with Gasteiger partial charge >= 0.3 is 7.60 Å². The summed E-state index contributed by atoms with van der Waals surface area (Å²) < 4.78 is 10.8. The molecule has 18 heavy (non-hydrogen) atoms. The average molecular weight is 269 g/mol. The van der Waals surface area contributed by atoms with E-state index in [-0.39, 0.29) is 12.2 Å². The molecule has 0 amide bonds. The minimum Gasteiger partial charge on any atom is -0.324 e. The zero-order valence-electron chi connectivity index (χ0n) is 10.7. The first-order valence-electron chi connectivity index (χ1n) is 5.86. The van der Waals surface area contributed by atoms with Crippen LogP contribution < -0.4 is 5.32 Å². The zero-order chi connectivity index (χ0) is 13.6. The van der Waals surface area contributed by atoms with Crippen molar-refractivity contribution in [1.29, 1.82) is 0 Å². The van der Waals surface area contributed by atoms with Crippen molar-refractivity contribution in [2.45, 2.75) is 26.4 Å². The molecular weight excluding hydrogens is 249 g/mol. The molecule has 1 aromatic rings. The van der Waals surface area contributed by atoms with E-state index in [1.807, 2.05) is 43.3 Å². The van der Waals surface area contributed by atoms with E-state index in [0.29, 0.717) is 5.57 Å². The number of nitrogens with one attached hydrogen (secondary N) is 1. The molecule has 0 saturated carbocycles. The summed E-state index contributed by atoms with van der Waals surface area (Å²) in [5, 5.41) is 3.29. The zero-order valence-corrected chi connectivity index (χ0v) is 11.6. The van der Waals surface area contributed by atoms with Gasteiger partial charge in [0.05, 0.1) is 6.16 Å². The highest BCUT2D eigenvalue weighted by atomic mass is 31.2. The Bertz CT molecular complexity index is 439. The third kappa shape index (κ3) is 6.72. The summed E-state index contributed by atoms with van der Waals surface area (Å²) >= 11 is 0. The lowest BCUT2D eigenvalue weighted by atomic mass is 10.2. The molecule has 1 atom stereocenters. The Balaban J connectivity index is 2.44. The molecule has 0 bridgehead atoms. The Hall–Kier alpha value is -0.930. The van der Waals surface area contributed by atoms with Crippen LogP contribution in [0, 0.1) is 0 Å². The van der Waals surface area contributed by atoms with Crippen LogP contribution in [0.1, 0.15) is 19.4 Å². The molecule has 0 saturated heterocycles. The molecule has 0 heterocycles. The van der Waals surface area contributed by atoms with Crippen molar-refractivity contribution in [1.82, 2.24) is 5.32 Å². The maximum atomic E-state index is 10.8. The molecule has 0 aromatic heterocycles. The molecule has 5 heteroatoms. The van der Waals surface area contributed by atoms with Crippen LogP contribution in [0.25, 0.3) is 0 Å². The van der Waals surface area contributed by atoms with Gasteiger partial charge in [-0.1, -0.05) is 42.0 Å². The van der Waals surface area contributed by atoms with Crippen molar-refractivity contribution in [3.8, 4) is 0 Å². The molecule has 3 N–H and O–H groups in total. The highest BCUT2D eigenvalue weighted by Gasteiger charge is 2.13. The van der Waals surface area contributed by atoms with E-state index >= 15 is 0 Å². The number of benzene rings is 1. The largest absolute Gasteiger partial charge is 0.329 e. The van der Waals surface area contributed by atoms with E-state index in [1.165, 1.54) is 5.56 Å². The van der Waals surface area contributed by atoms with Gasteiger partial charge in [0, 0.05) is 12.6 Å². The van der Waals surface area contributed by atoms with E-state index < -0.39 is 7.60 Å². The molecule has 0 aliphatic carbocycles. The van der Waals surface area contributed by atoms with Crippen LogP contribution in [0.15, 0.2) is 42.0 Å². The van der Waals surface area contributed by atoms with Gasteiger partial charge in [0.25, 0.3) is 0 Å². The topological polar surface area (TPSA) is 69.6 Å². The van der Waals surface area contributed by atoms with Crippen molar-refractivity contribution in [3.05, 3.63) is 47.5 Å². The summed E-state index contributed by atoms with van der Waals surface area (Å²) in [5.74, 6) is 0. The maximum Gasteiger partial charge on any atom is 0.329 e.